The van der Waals surface area contributed by atoms with Crippen molar-refractivity contribution in [1.82, 2.24) is 5.32 Å². The molecule has 0 spiro atoms. The molecule has 0 fully saturated rings. The van der Waals surface area contributed by atoms with Crippen LogP contribution in [0.4, 0.5) is 0 Å². The fourth-order valence-electron chi connectivity index (χ4n) is 2.56. The van der Waals surface area contributed by atoms with Gasteiger partial charge in [0.25, 0.3) is 0 Å². The van der Waals surface area contributed by atoms with Crippen molar-refractivity contribution in [3.63, 3.8) is 0 Å². The van der Waals surface area contributed by atoms with Crippen LogP contribution in [0, 0.1) is 0 Å². The number of para-hydroxylation sites is 1. The van der Waals surface area contributed by atoms with Crippen molar-refractivity contribution < 1.29 is 9.15 Å². The molecule has 0 amide bonds. The van der Waals surface area contributed by atoms with E-state index in [2.05, 4.69) is 32.2 Å². The Morgan fingerprint density at radius 2 is 2.14 bits per heavy atom. The number of hydrogen-bond donors (Lipinski definition) is 1. The molecule has 2 rings (SSSR count). The second kappa shape index (κ2) is 6.82. The lowest BCUT2D eigenvalue weighted by Crippen LogP contribution is -2.43. The van der Waals surface area contributed by atoms with Gasteiger partial charge in [-0.15, -0.1) is 0 Å². The van der Waals surface area contributed by atoms with Crippen LogP contribution in [-0.4, -0.2) is 19.3 Å². The number of nitrogens with one attached hydrogen (secondary N) is 1. The van der Waals surface area contributed by atoms with Crippen molar-refractivity contribution in [3.8, 4) is 0 Å². The maximum Gasteiger partial charge on any atom is 0.152 e. The molecule has 0 saturated carbocycles. The maximum absolute atomic E-state index is 6.22. The van der Waals surface area contributed by atoms with Gasteiger partial charge in [-0.2, -0.15) is 0 Å². The second-order valence-electron chi connectivity index (χ2n) is 5.56. The van der Waals surface area contributed by atoms with Gasteiger partial charge in [-0.3, -0.25) is 0 Å². The Bertz CT molecular complexity index is 589. The molecule has 1 N–H and O–H groups in total. The molecular formula is C17H24ClNO2. The van der Waals surface area contributed by atoms with Crippen molar-refractivity contribution in [2.45, 2.75) is 45.3 Å². The average Bonchev–Trinajstić information content (AvgIpc) is 2.92. The van der Waals surface area contributed by atoms with Crippen molar-refractivity contribution >= 4 is 22.6 Å². The zero-order chi connectivity index (χ0) is 15.5. The molecule has 0 bridgehead atoms. The van der Waals surface area contributed by atoms with Gasteiger partial charge in [0.15, 0.2) is 5.58 Å². The highest BCUT2D eigenvalue weighted by molar-refractivity contribution is 6.34. The van der Waals surface area contributed by atoms with E-state index >= 15 is 0 Å². The minimum Gasteiger partial charge on any atom is -0.458 e. The number of halogens is 1. The Labute approximate surface area is 131 Å². The van der Waals surface area contributed by atoms with Crippen molar-refractivity contribution in [3.05, 3.63) is 35.0 Å². The molecule has 0 aliphatic heterocycles. The van der Waals surface area contributed by atoms with Crippen LogP contribution >= 0.6 is 11.6 Å². The van der Waals surface area contributed by atoms with E-state index in [0.717, 1.165) is 36.1 Å². The highest BCUT2D eigenvalue weighted by Crippen LogP contribution is 2.36. The van der Waals surface area contributed by atoms with Gasteiger partial charge < -0.3 is 14.5 Å². The van der Waals surface area contributed by atoms with Crippen LogP contribution in [0.2, 0.25) is 5.02 Å². The van der Waals surface area contributed by atoms with Crippen LogP contribution in [0.3, 0.4) is 0 Å². The van der Waals surface area contributed by atoms with Gasteiger partial charge in [0.2, 0.25) is 0 Å². The quantitative estimate of drug-likeness (QED) is 0.786. The molecule has 2 atom stereocenters. The Morgan fingerprint density at radius 3 is 2.71 bits per heavy atom. The Morgan fingerprint density at radius 1 is 1.38 bits per heavy atom. The smallest absolute Gasteiger partial charge is 0.152 e. The van der Waals surface area contributed by atoms with Crippen molar-refractivity contribution in [2.24, 2.45) is 0 Å². The third-order valence-corrected chi connectivity index (χ3v) is 4.47. The Hall–Kier alpha value is -1.03. The Balaban J connectivity index is 2.45. The van der Waals surface area contributed by atoms with Gasteiger partial charge in [-0.25, -0.2) is 0 Å². The molecule has 116 valence electrons. The normalized spacial score (nSPS) is 16.0. The molecule has 3 nitrogen and oxygen atoms in total. The first kappa shape index (κ1) is 16.3. The van der Waals surface area contributed by atoms with Crippen molar-refractivity contribution in [2.75, 3.05) is 13.7 Å². The van der Waals surface area contributed by atoms with E-state index in [-0.39, 0.29) is 11.6 Å². The molecule has 0 aliphatic carbocycles. The minimum absolute atomic E-state index is 0.00378. The third kappa shape index (κ3) is 3.25. The number of furan rings is 1. The third-order valence-electron chi connectivity index (χ3n) is 4.18. The van der Waals surface area contributed by atoms with Gasteiger partial charge >= 0.3 is 0 Å². The summed E-state index contributed by atoms with van der Waals surface area (Å²) in [7, 11) is 1.75. The topological polar surface area (TPSA) is 34.4 Å². The summed E-state index contributed by atoms with van der Waals surface area (Å²) in [5.74, 6) is 0.873. The number of rotatable bonds is 7. The molecule has 4 heteroatoms. The monoisotopic (exact) mass is 309 g/mol. The van der Waals surface area contributed by atoms with Crippen LogP contribution < -0.4 is 5.32 Å². The van der Waals surface area contributed by atoms with E-state index in [4.69, 9.17) is 20.8 Å². The lowest BCUT2D eigenvalue weighted by Gasteiger charge is -2.35. The van der Waals surface area contributed by atoms with Crippen LogP contribution in [0.25, 0.3) is 11.0 Å². The van der Waals surface area contributed by atoms with Crippen LogP contribution in [0.5, 0.6) is 0 Å². The molecule has 0 saturated heterocycles. The summed E-state index contributed by atoms with van der Waals surface area (Å²) in [6, 6.07) is 7.85. The van der Waals surface area contributed by atoms with Gasteiger partial charge in [0.05, 0.1) is 16.7 Å². The molecule has 2 aromatic rings. The van der Waals surface area contributed by atoms with Crippen LogP contribution in [0.1, 0.15) is 45.4 Å². The number of ether oxygens (including phenoxy) is 1. The lowest BCUT2D eigenvalue weighted by atomic mass is 9.91. The first-order valence-corrected chi connectivity index (χ1v) is 7.90. The van der Waals surface area contributed by atoms with Crippen molar-refractivity contribution in [1.29, 1.82) is 0 Å². The molecule has 1 aromatic heterocycles. The molecule has 21 heavy (non-hydrogen) atoms. The largest absolute Gasteiger partial charge is 0.458 e. The fraction of sp³-hybridized carbons (Fsp3) is 0.529. The van der Waals surface area contributed by atoms with Gasteiger partial charge in [-0.1, -0.05) is 37.6 Å². The highest BCUT2D eigenvalue weighted by Gasteiger charge is 2.35. The van der Waals surface area contributed by atoms with E-state index in [1.165, 1.54) is 0 Å². The zero-order valence-electron chi connectivity index (χ0n) is 13.2. The van der Waals surface area contributed by atoms with E-state index in [0.29, 0.717) is 5.02 Å². The predicted molar refractivity (Wildman–Crippen MR) is 88.0 cm³/mol. The van der Waals surface area contributed by atoms with E-state index in [1.807, 2.05) is 18.2 Å². The first-order chi connectivity index (χ1) is 10.1. The summed E-state index contributed by atoms with van der Waals surface area (Å²) in [4.78, 5) is 0. The standard InChI is InChI=1S/C17H24ClNO2/c1-5-10-19-16(17(3,6-2)20-4)14-11-12-8-7-9-13(18)15(12)21-14/h7-9,11,16,19H,5-6,10H2,1-4H3. The lowest BCUT2D eigenvalue weighted by molar-refractivity contribution is -0.0349. The molecular weight excluding hydrogens is 286 g/mol. The first-order valence-electron chi connectivity index (χ1n) is 7.52. The highest BCUT2D eigenvalue weighted by atomic mass is 35.5. The van der Waals surface area contributed by atoms with Gasteiger partial charge in [0.1, 0.15) is 5.76 Å². The van der Waals surface area contributed by atoms with Crippen LogP contribution in [-0.2, 0) is 4.74 Å². The van der Waals surface area contributed by atoms with E-state index < -0.39 is 0 Å². The summed E-state index contributed by atoms with van der Waals surface area (Å²) in [5.41, 5.74) is 0.419. The molecule has 2 unspecified atom stereocenters. The van der Waals surface area contributed by atoms with Gasteiger partial charge in [-0.05, 0) is 38.4 Å². The zero-order valence-corrected chi connectivity index (χ0v) is 14.0. The van der Waals surface area contributed by atoms with Gasteiger partial charge in [0, 0.05) is 12.5 Å². The second-order valence-corrected chi connectivity index (χ2v) is 5.97. The number of methoxy groups -OCH3 is 1. The SMILES string of the molecule is CCCNC(c1cc2cccc(Cl)c2o1)C(C)(CC)OC. The summed E-state index contributed by atoms with van der Waals surface area (Å²) < 4.78 is 11.8. The summed E-state index contributed by atoms with van der Waals surface area (Å²) >= 11 is 6.22. The number of hydrogen-bond acceptors (Lipinski definition) is 3. The number of fused-ring (bicyclic) bond motifs is 1. The number of benzene rings is 1. The molecule has 1 heterocycles. The van der Waals surface area contributed by atoms with Crippen LogP contribution in [0.15, 0.2) is 28.7 Å². The van der Waals surface area contributed by atoms with E-state index in [1.54, 1.807) is 7.11 Å². The maximum atomic E-state index is 6.22. The molecule has 0 radical (unpaired) electrons. The minimum atomic E-state index is -0.324. The average molecular weight is 310 g/mol. The summed E-state index contributed by atoms with van der Waals surface area (Å²) in [6.45, 7) is 7.29. The molecule has 1 aromatic carbocycles. The molecule has 0 aliphatic rings. The summed E-state index contributed by atoms with van der Waals surface area (Å²) in [6.07, 6.45) is 1.94. The fourth-order valence-corrected chi connectivity index (χ4v) is 2.78. The Kier molecular flexibility index (Phi) is 5.31. The predicted octanol–water partition coefficient (Wildman–Crippen LogP) is 4.94. The van der Waals surface area contributed by atoms with E-state index in [9.17, 15) is 0 Å². The summed E-state index contributed by atoms with van der Waals surface area (Å²) in [5, 5.41) is 5.21.